The fourth-order valence-corrected chi connectivity index (χ4v) is 2.00. The second kappa shape index (κ2) is 5.83. The summed E-state index contributed by atoms with van der Waals surface area (Å²) in [7, 11) is 0. The van der Waals surface area contributed by atoms with Gasteiger partial charge in [0.15, 0.2) is 10.9 Å². The largest absolute Gasteiger partial charge is 0.447 e. The second-order valence-electron chi connectivity index (χ2n) is 3.83. The van der Waals surface area contributed by atoms with Gasteiger partial charge >= 0.3 is 5.69 Å². The normalized spacial score (nSPS) is 10.4. The maximum absolute atomic E-state index is 11.0. The highest BCUT2D eigenvalue weighted by Crippen LogP contribution is 2.39. The molecule has 2 aromatic rings. The molecule has 2 rings (SSSR count). The summed E-state index contributed by atoms with van der Waals surface area (Å²) in [6, 6.07) is 5.62. The molecular weight excluding hydrogens is 327 g/mol. The Morgan fingerprint density at radius 1 is 1.15 bits per heavy atom. The molecule has 0 unspecified atom stereocenters. The molecule has 0 saturated heterocycles. The number of aromatic nitrogens is 1. The van der Waals surface area contributed by atoms with Crippen LogP contribution in [0.15, 0.2) is 24.3 Å². The van der Waals surface area contributed by atoms with Crippen LogP contribution in [0, 0.1) is 17.0 Å². The second-order valence-corrected chi connectivity index (χ2v) is 5.01. The maximum atomic E-state index is 11.0. The van der Waals surface area contributed by atoms with E-state index in [-0.39, 0.29) is 32.4 Å². The Morgan fingerprint density at radius 3 is 2.40 bits per heavy atom. The van der Waals surface area contributed by atoms with Gasteiger partial charge in [0.2, 0.25) is 5.75 Å². The number of ether oxygens (including phenoxy) is 1. The van der Waals surface area contributed by atoms with Gasteiger partial charge in [0.05, 0.1) is 15.0 Å². The maximum Gasteiger partial charge on any atom is 0.313 e. The Kier molecular flexibility index (Phi) is 4.32. The Bertz CT molecular complexity index is 692. The minimum atomic E-state index is -0.618. The molecule has 0 atom stereocenters. The van der Waals surface area contributed by atoms with Crippen LogP contribution in [-0.4, -0.2) is 9.91 Å². The van der Waals surface area contributed by atoms with Crippen LogP contribution >= 0.6 is 34.8 Å². The number of hydrogen-bond acceptors (Lipinski definition) is 4. The van der Waals surface area contributed by atoms with Gasteiger partial charge < -0.3 is 4.74 Å². The Morgan fingerprint density at radius 2 is 1.80 bits per heavy atom. The molecule has 20 heavy (non-hydrogen) atoms. The fourth-order valence-electron chi connectivity index (χ4n) is 1.45. The van der Waals surface area contributed by atoms with Crippen LogP contribution in [0.1, 0.15) is 5.69 Å². The standard InChI is InChI=1S/C12H7Cl3N2O3/c1-6-2-3-10(12(15)16-6)20-11-5-8(14)7(13)4-9(11)17(18)19/h2-5H,1H3. The molecular formula is C12H7Cl3N2O3. The minimum absolute atomic E-state index is 0.0584. The van der Waals surface area contributed by atoms with E-state index in [0.717, 1.165) is 6.07 Å². The van der Waals surface area contributed by atoms with Crippen molar-refractivity contribution in [2.75, 3.05) is 0 Å². The number of hydrogen-bond donors (Lipinski definition) is 0. The molecule has 1 aromatic heterocycles. The summed E-state index contributed by atoms with van der Waals surface area (Å²) < 4.78 is 5.41. The van der Waals surface area contributed by atoms with E-state index in [9.17, 15) is 10.1 Å². The van der Waals surface area contributed by atoms with E-state index < -0.39 is 4.92 Å². The lowest BCUT2D eigenvalue weighted by molar-refractivity contribution is -0.385. The SMILES string of the molecule is Cc1ccc(Oc2cc(Cl)c(Cl)cc2[N+](=O)[O-])c(Cl)n1. The lowest BCUT2D eigenvalue weighted by Crippen LogP contribution is -1.95. The van der Waals surface area contributed by atoms with Crippen LogP contribution in [-0.2, 0) is 0 Å². The van der Waals surface area contributed by atoms with E-state index in [1.54, 1.807) is 19.1 Å². The number of halogens is 3. The van der Waals surface area contributed by atoms with E-state index in [1.807, 2.05) is 0 Å². The van der Waals surface area contributed by atoms with Gasteiger partial charge in [-0.3, -0.25) is 10.1 Å². The predicted molar refractivity (Wildman–Crippen MR) is 77.2 cm³/mol. The monoisotopic (exact) mass is 332 g/mol. The zero-order chi connectivity index (χ0) is 14.9. The van der Waals surface area contributed by atoms with Gasteiger partial charge in [-0.2, -0.15) is 0 Å². The summed E-state index contributed by atoms with van der Waals surface area (Å²) in [5, 5.41) is 11.3. The van der Waals surface area contributed by atoms with Crippen LogP contribution in [0.2, 0.25) is 15.2 Å². The Hall–Kier alpha value is -1.56. The van der Waals surface area contributed by atoms with Gasteiger partial charge in [-0.05, 0) is 19.1 Å². The fraction of sp³-hybridized carbons (Fsp3) is 0.0833. The number of nitro groups is 1. The molecule has 0 amide bonds. The number of pyridine rings is 1. The molecule has 0 saturated carbocycles. The van der Waals surface area contributed by atoms with E-state index in [4.69, 9.17) is 39.5 Å². The summed E-state index contributed by atoms with van der Waals surface area (Å²) in [4.78, 5) is 14.4. The van der Waals surface area contributed by atoms with Crippen LogP contribution in [0.4, 0.5) is 5.69 Å². The summed E-state index contributed by atoms with van der Waals surface area (Å²) in [6.45, 7) is 1.76. The molecule has 1 heterocycles. The Labute approximate surface area is 129 Å². The summed E-state index contributed by atoms with van der Waals surface area (Å²) in [6.07, 6.45) is 0. The van der Waals surface area contributed by atoms with Gasteiger partial charge in [-0.15, -0.1) is 0 Å². The van der Waals surface area contributed by atoms with Crippen molar-refractivity contribution in [2.24, 2.45) is 0 Å². The van der Waals surface area contributed by atoms with Crippen LogP contribution < -0.4 is 4.74 Å². The molecule has 0 aliphatic rings. The van der Waals surface area contributed by atoms with Crippen molar-refractivity contribution in [3.63, 3.8) is 0 Å². The number of rotatable bonds is 3. The van der Waals surface area contributed by atoms with Crippen LogP contribution in [0.25, 0.3) is 0 Å². The molecule has 8 heteroatoms. The average molecular weight is 334 g/mol. The third-order valence-corrected chi connectivity index (χ3v) is 3.37. The van der Waals surface area contributed by atoms with Gasteiger partial charge in [0.25, 0.3) is 0 Å². The first-order valence-electron chi connectivity index (χ1n) is 5.33. The molecule has 0 spiro atoms. The zero-order valence-electron chi connectivity index (χ0n) is 10.1. The third-order valence-electron chi connectivity index (χ3n) is 2.37. The van der Waals surface area contributed by atoms with Crippen molar-refractivity contribution in [3.8, 4) is 11.5 Å². The highest BCUT2D eigenvalue weighted by Gasteiger charge is 2.20. The molecule has 0 aliphatic heterocycles. The van der Waals surface area contributed by atoms with Crippen LogP contribution in [0.3, 0.4) is 0 Å². The van der Waals surface area contributed by atoms with E-state index >= 15 is 0 Å². The van der Waals surface area contributed by atoms with Crippen molar-refractivity contribution in [3.05, 3.63) is 55.3 Å². The van der Waals surface area contributed by atoms with Crippen molar-refractivity contribution in [1.82, 2.24) is 4.98 Å². The number of aryl methyl sites for hydroxylation is 1. The lowest BCUT2D eigenvalue weighted by atomic mass is 10.3. The number of nitro benzene ring substituents is 1. The van der Waals surface area contributed by atoms with Gasteiger partial charge in [-0.1, -0.05) is 34.8 Å². The van der Waals surface area contributed by atoms with Crippen molar-refractivity contribution in [1.29, 1.82) is 0 Å². The van der Waals surface area contributed by atoms with Gasteiger partial charge in [0, 0.05) is 17.8 Å². The predicted octanol–water partition coefficient (Wildman–Crippen LogP) is 5.05. The number of nitrogens with zero attached hydrogens (tertiary/aromatic N) is 2. The van der Waals surface area contributed by atoms with Crippen molar-refractivity contribution in [2.45, 2.75) is 6.92 Å². The summed E-state index contributed by atoms with van der Waals surface area (Å²) >= 11 is 17.5. The number of benzene rings is 1. The molecule has 0 radical (unpaired) electrons. The molecule has 0 fully saturated rings. The van der Waals surface area contributed by atoms with E-state index in [0.29, 0.717) is 5.69 Å². The first-order chi connectivity index (χ1) is 9.38. The first-order valence-corrected chi connectivity index (χ1v) is 6.46. The highest BCUT2D eigenvalue weighted by atomic mass is 35.5. The smallest absolute Gasteiger partial charge is 0.313 e. The van der Waals surface area contributed by atoms with Gasteiger partial charge in [-0.25, -0.2) is 4.98 Å². The van der Waals surface area contributed by atoms with Crippen LogP contribution in [0.5, 0.6) is 11.5 Å². The van der Waals surface area contributed by atoms with E-state index in [1.165, 1.54) is 6.07 Å². The molecule has 0 bridgehead atoms. The topological polar surface area (TPSA) is 65.3 Å². The lowest BCUT2D eigenvalue weighted by Gasteiger charge is -2.09. The average Bonchev–Trinajstić information content (AvgIpc) is 2.36. The third kappa shape index (κ3) is 3.12. The van der Waals surface area contributed by atoms with Gasteiger partial charge in [0.1, 0.15) is 0 Å². The molecule has 104 valence electrons. The van der Waals surface area contributed by atoms with Crippen molar-refractivity contribution >= 4 is 40.5 Å². The molecule has 1 aromatic carbocycles. The van der Waals surface area contributed by atoms with Crippen molar-refractivity contribution < 1.29 is 9.66 Å². The zero-order valence-corrected chi connectivity index (χ0v) is 12.3. The Balaban J connectivity index is 2.47. The molecule has 5 nitrogen and oxygen atoms in total. The summed E-state index contributed by atoms with van der Waals surface area (Å²) in [5.41, 5.74) is 0.391. The quantitative estimate of drug-likeness (QED) is 0.448. The summed E-state index contributed by atoms with van der Waals surface area (Å²) in [5.74, 6) is 0.135. The van der Waals surface area contributed by atoms with E-state index in [2.05, 4.69) is 4.98 Å². The highest BCUT2D eigenvalue weighted by molar-refractivity contribution is 6.42. The molecule has 0 aliphatic carbocycles. The minimum Gasteiger partial charge on any atom is -0.447 e. The molecule has 0 N–H and O–H groups in total. The first kappa shape index (κ1) is 14.8.